The fourth-order valence-corrected chi connectivity index (χ4v) is 2.57. The number of aldehydes is 1. The lowest BCUT2D eigenvalue weighted by Crippen LogP contribution is -2.03. The molecule has 0 aliphatic heterocycles. The molecule has 0 N–H and O–H groups in total. The summed E-state index contributed by atoms with van der Waals surface area (Å²) < 4.78 is 12.0. The fourth-order valence-electron chi connectivity index (χ4n) is 2.57. The standard InChI is InChI=1S/C22H20O3/c1-17-20(14-23)12-13-21(24-15-18-8-4-2-5-9-18)22(17)25-16-19-10-6-3-7-11-19/h2-14H,15-16H2,1H3. The molecule has 0 bridgehead atoms. The topological polar surface area (TPSA) is 35.5 Å². The zero-order valence-corrected chi connectivity index (χ0v) is 14.1. The first-order valence-electron chi connectivity index (χ1n) is 8.20. The fraction of sp³-hybridized carbons (Fsp3) is 0.136. The van der Waals surface area contributed by atoms with Gasteiger partial charge in [0.1, 0.15) is 19.5 Å². The van der Waals surface area contributed by atoms with Gasteiger partial charge in [0.05, 0.1) is 0 Å². The highest BCUT2D eigenvalue weighted by molar-refractivity contribution is 5.79. The van der Waals surface area contributed by atoms with Gasteiger partial charge in [-0.15, -0.1) is 0 Å². The summed E-state index contributed by atoms with van der Waals surface area (Å²) in [5.74, 6) is 1.26. The number of hydrogen-bond acceptors (Lipinski definition) is 3. The van der Waals surface area contributed by atoms with E-state index < -0.39 is 0 Å². The molecule has 3 aromatic rings. The van der Waals surface area contributed by atoms with E-state index in [9.17, 15) is 4.79 Å². The van der Waals surface area contributed by atoms with Gasteiger partial charge < -0.3 is 9.47 Å². The molecule has 0 radical (unpaired) electrons. The van der Waals surface area contributed by atoms with E-state index in [1.54, 1.807) is 12.1 Å². The molecule has 0 fully saturated rings. The Kier molecular flexibility index (Phi) is 5.47. The summed E-state index contributed by atoms with van der Waals surface area (Å²) in [5, 5.41) is 0. The molecule has 0 aromatic heterocycles. The summed E-state index contributed by atoms with van der Waals surface area (Å²) in [5.41, 5.74) is 3.53. The predicted octanol–water partition coefficient (Wildman–Crippen LogP) is 4.97. The molecule has 25 heavy (non-hydrogen) atoms. The van der Waals surface area contributed by atoms with Gasteiger partial charge in [0, 0.05) is 11.1 Å². The summed E-state index contributed by atoms with van der Waals surface area (Å²) in [6.45, 7) is 2.74. The highest BCUT2D eigenvalue weighted by atomic mass is 16.5. The second kappa shape index (κ2) is 8.15. The molecule has 3 heteroatoms. The smallest absolute Gasteiger partial charge is 0.165 e. The van der Waals surface area contributed by atoms with Crippen molar-refractivity contribution in [2.45, 2.75) is 20.1 Å². The zero-order chi connectivity index (χ0) is 17.5. The van der Waals surface area contributed by atoms with Gasteiger partial charge in [-0.1, -0.05) is 60.7 Å². The van der Waals surface area contributed by atoms with E-state index in [1.807, 2.05) is 67.6 Å². The van der Waals surface area contributed by atoms with Crippen molar-refractivity contribution in [3.8, 4) is 11.5 Å². The molecular formula is C22H20O3. The van der Waals surface area contributed by atoms with E-state index in [2.05, 4.69) is 0 Å². The van der Waals surface area contributed by atoms with Gasteiger partial charge in [-0.05, 0) is 30.2 Å². The monoisotopic (exact) mass is 332 g/mol. The van der Waals surface area contributed by atoms with Crippen LogP contribution in [0.1, 0.15) is 27.0 Å². The first-order valence-corrected chi connectivity index (χ1v) is 8.20. The first kappa shape index (κ1) is 16.8. The van der Waals surface area contributed by atoms with Crippen molar-refractivity contribution in [1.82, 2.24) is 0 Å². The summed E-state index contributed by atoms with van der Waals surface area (Å²) in [4.78, 5) is 11.2. The summed E-state index contributed by atoms with van der Waals surface area (Å²) in [6.07, 6.45) is 0.839. The lowest BCUT2D eigenvalue weighted by Gasteiger charge is -2.16. The number of rotatable bonds is 7. The van der Waals surface area contributed by atoms with Crippen molar-refractivity contribution < 1.29 is 14.3 Å². The maximum atomic E-state index is 11.2. The van der Waals surface area contributed by atoms with Crippen LogP contribution < -0.4 is 9.47 Å². The average Bonchev–Trinajstić information content (AvgIpc) is 2.67. The summed E-state index contributed by atoms with van der Waals surface area (Å²) in [7, 11) is 0. The molecule has 0 spiro atoms. The normalized spacial score (nSPS) is 10.3. The van der Waals surface area contributed by atoms with Gasteiger partial charge in [-0.25, -0.2) is 0 Å². The quantitative estimate of drug-likeness (QED) is 0.573. The second-order valence-corrected chi connectivity index (χ2v) is 5.77. The molecule has 3 aromatic carbocycles. The Morgan fingerprint density at radius 2 is 1.32 bits per heavy atom. The minimum Gasteiger partial charge on any atom is -0.485 e. The van der Waals surface area contributed by atoms with Crippen molar-refractivity contribution in [2.24, 2.45) is 0 Å². The molecule has 3 nitrogen and oxygen atoms in total. The van der Waals surface area contributed by atoms with Crippen molar-refractivity contribution in [1.29, 1.82) is 0 Å². The van der Waals surface area contributed by atoms with E-state index in [0.717, 1.165) is 23.0 Å². The maximum absolute atomic E-state index is 11.2. The van der Waals surface area contributed by atoms with Crippen molar-refractivity contribution in [3.63, 3.8) is 0 Å². The van der Waals surface area contributed by atoms with Crippen molar-refractivity contribution >= 4 is 6.29 Å². The van der Waals surface area contributed by atoms with E-state index in [1.165, 1.54) is 0 Å². The Morgan fingerprint density at radius 1 is 0.760 bits per heavy atom. The third kappa shape index (κ3) is 4.27. The van der Waals surface area contributed by atoms with E-state index in [4.69, 9.17) is 9.47 Å². The van der Waals surface area contributed by atoms with Crippen molar-refractivity contribution in [2.75, 3.05) is 0 Å². The Hall–Kier alpha value is -3.07. The molecular weight excluding hydrogens is 312 g/mol. The Balaban J connectivity index is 1.81. The Bertz CT molecular complexity index is 827. The van der Waals surface area contributed by atoms with Gasteiger partial charge in [0.2, 0.25) is 0 Å². The molecule has 0 unspecified atom stereocenters. The van der Waals surface area contributed by atoms with Crippen LogP contribution in [0.2, 0.25) is 0 Å². The van der Waals surface area contributed by atoms with Gasteiger partial charge in [-0.3, -0.25) is 4.79 Å². The molecule has 0 atom stereocenters. The molecule has 3 rings (SSSR count). The molecule has 126 valence electrons. The number of hydrogen-bond donors (Lipinski definition) is 0. The van der Waals surface area contributed by atoms with E-state index in [-0.39, 0.29) is 0 Å². The van der Waals surface area contributed by atoms with Crippen LogP contribution in [-0.4, -0.2) is 6.29 Å². The van der Waals surface area contributed by atoms with Crippen molar-refractivity contribution in [3.05, 3.63) is 95.1 Å². The highest BCUT2D eigenvalue weighted by Gasteiger charge is 2.13. The highest BCUT2D eigenvalue weighted by Crippen LogP contribution is 2.34. The van der Waals surface area contributed by atoms with E-state index in [0.29, 0.717) is 30.3 Å². The number of carbonyl (C=O) groups is 1. The summed E-state index contributed by atoms with van der Waals surface area (Å²) >= 11 is 0. The SMILES string of the molecule is Cc1c(C=O)ccc(OCc2ccccc2)c1OCc1ccccc1. The lowest BCUT2D eigenvalue weighted by atomic mass is 10.1. The number of carbonyl (C=O) groups excluding carboxylic acids is 1. The van der Waals surface area contributed by atoms with Crippen LogP contribution in [0, 0.1) is 6.92 Å². The van der Waals surface area contributed by atoms with Crippen LogP contribution in [0.3, 0.4) is 0 Å². The molecule has 0 aliphatic rings. The van der Waals surface area contributed by atoms with Gasteiger partial charge in [-0.2, -0.15) is 0 Å². The van der Waals surface area contributed by atoms with Crippen LogP contribution in [-0.2, 0) is 13.2 Å². The summed E-state index contributed by atoms with van der Waals surface area (Å²) in [6, 6.07) is 23.4. The first-order chi connectivity index (χ1) is 12.3. The van der Waals surface area contributed by atoms with Crippen LogP contribution in [0.5, 0.6) is 11.5 Å². The zero-order valence-electron chi connectivity index (χ0n) is 14.1. The third-order valence-corrected chi connectivity index (χ3v) is 4.00. The minimum atomic E-state index is 0.422. The molecule has 0 saturated carbocycles. The number of benzene rings is 3. The predicted molar refractivity (Wildman–Crippen MR) is 98.1 cm³/mol. The Labute approximate surface area is 147 Å². The molecule has 0 aliphatic carbocycles. The van der Waals surface area contributed by atoms with Crippen LogP contribution in [0.15, 0.2) is 72.8 Å². The lowest BCUT2D eigenvalue weighted by molar-refractivity contribution is 0.112. The van der Waals surface area contributed by atoms with Crippen LogP contribution in [0.25, 0.3) is 0 Å². The maximum Gasteiger partial charge on any atom is 0.165 e. The average molecular weight is 332 g/mol. The van der Waals surface area contributed by atoms with E-state index >= 15 is 0 Å². The van der Waals surface area contributed by atoms with Crippen LogP contribution in [0.4, 0.5) is 0 Å². The molecule has 0 amide bonds. The minimum absolute atomic E-state index is 0.422. The molecule has 0 saturated heterocycles. The Morgan fingerprint density at radius 3 is 1.88 bits per heavy atom. The number of ether oxygens (including phenoxy) is 2. The largest absolute Gasteiger partial charge is 0.485 e. The molecule has 0 heterocycles. The third-order valence-electron chi connectivity index (χ3n) is 4.00. The van der Waals surface area contributed by atoms with Crippen LogP contribution >= 0.6 is 0 Å². The second-order valence-electron chi connectivity index (χ2n) is 5.77. The van der Waals surface area contributed by atoms with Gasteiger partial charge >= 0.3 is 0 Å². The van der Waals surface area contributed by atoms with Gasteiger partial charge in [0.25, 0.3) is 0 Å². The van der Waals surface area contributed by atoms with Gasteiger partial charge in [0.15, 0.2) is 11.5 Å².